The van der Waals surface area contributed by atoms with Crippen LogP contribution in [0.5, 0.6) is 11.5 Å². The number of alkyl halides is 3. The van der Waals surface area contributed by atoms with Crippen LogP contribution >= 0.6 is 11.6 Å². The molecule has 1 aromatic heterocycles. The molecule has 0 bridgehead atoms. The summed E-state index contributed by atoms with van der Waals surface area (Å²) in [5.74, 6) is -3.96. The number of aromatic nitrogens is 1. The first kappa shape index (κ1) is 14.3. The Kier molecular flexibility index (Phi) is 4.23. The van der Waals surface area contributed by atoms with Gasteiger partial charge in [-0.1, -0.05) is 11.6 Å². The second kappa shape index (κ2) is 9.74. The molecule has 1 heterocycles. The van der Waals surface area contributed by atoms with E-state index < -0.39 is 101 Å². The number of ether oxygens (including phenoxy) is 1. The van der Waals surface area contributed by atoms with Gasteiger partial charge in [0.2, 0.25) is 0 Å². The first-order valence-corrected chi connectivity index (χ1v) is 8.82. The molecule has 3 N–H and O–H groups in total. The van der Waals surface area contributed by atoms with E-state index in [0.29, 0.717) is 0 Å². The van der Waals surface area contributed by atoms with Gasteiger partial charge in [-0.15, -0.1) is 0 Å². The third kappa shape index (κ3) is 6.10. The number of carbonyl (C=O) groups excluding carboxylic acids is 2. The SMILES string of the molecule is [2H]c1c([2H])c(NC(=O)Nc2c([2H])c([2H])c(Oc3ccnc(C(=O)NC([2H])([2H])[2H])c3)c([2H])c2F)c([2H])c(C(F)(F)F)c1Cl. The molecule has 0 unspecified atom stereocenters. The fourth-order valence-corrected chi connectivity index (χ4v) is 2.39. The number of amides is 3. The van der Waals surface area contributed by atoms with E-state index in [2.05, 4.69) is 4.98 Å². The number of hydrogen-bond acceptors (Lipinski definition) is 4. The summed E-state index contributed by atoms with van der Waals surface area (Å²) in [7, 11) is 0. The monoisotopic (exact) mass is 491 g/mol. The lowest BCUT2D eigenvalue weighted by molar-refractivity contribution is -0.137. The number of hydrogen-bond donors (Lipinski definition) is 3. The van der Waals surface area contributed by atoms with Gasteiger partial charge in [-0.2, -0.15) is 13.2 Å². The maximum absolute atomic E-state index is 15.1. The van der Waals surface area contributed by atoms with Crippen LogP contribution in [0.2, 0.25) is 5.02 Å². The molecule has 172 valence electrons. The molecule has 0 aliphatic carbocycles. The van der Waals surface area contributed by atoms with Crippen molar-refractivity contribution in [3.05, 3.63) is 76.7 Å². The largest absolute Gasteiger partial charge is 0.457 e. The molecular formula is C21H15ClF4N4O3. The highest BCUT2D eigenvalue weighted by atomic mass is 35.5. The minimum absolute atomic E-state index is 0.319. The Morgan fingerprint density at radius 1 is 1.15 bits per heavy atom. The zero-order valence-electron chi connectivity index (χ0n) is 24.8. The first-order valence-electron chi connectivity index (χ1n) is 12.9. The highest BCUT2D eigenvalue weighted by Gasteiger charge is 2.33. The van der Waals surface area contributed by atoms with E-state index in [1.165, 1.54) is 0 Å². The van der Waals surface area contributed by atoms with Gasteiger partial charge in [0, 0.05) is 35.1 Å². The van der Waals surface area contributed by atoms with Crippen molar-refractivity contribution in [1.82, 2.24) is 10.3 Å². The van der Waals surface area contributed by atoms with E-state index in [1.807, 2.05) is 0 Å². The Labute approximate surface area is 202 Å². The molecule has 2 aromatic carbocycles. The Balaban J connectivity index is 1.93. The number of urea groups is 1. The van der Waals surface area contributed by atoms with Crippen molar-refractivity contribution < 1.29 is 44.2 Å². The Hall–Kier alpha value is -3.86. The quantitative estimate of drug-likeness (QED) is 0.400. The van der Waals surface area contributed by atoms with E-state index in [0.717, 1.165) is 18.3 Å². The normalized spacial score (nSPS) is 15.2. The summed E-state index contributed by atoms with van der Waals surface area (Å²) in [5, 5.41) is 3.84. The van der Waals surface area contributed by atoms with Crippen molar-refractivity contribution in [3.8, 4) is 11.5 Å². The van der Waals surface area contributed by atoms with Gasteiger partial charge in [-0.3, -0.25) is 9.78 Å². The van der Waals surface area contributed by atoms with Gasteiger partial charge in [-0.25, -0.2) is 9.18 Å². The fourth-order valence-electron chi connectivity index (χ4n) is 2.19. The van der Waals surface area contributed by atoms with E-state index in [9.17, 15) is 22.8 Å². The number of carbonyl (C=O) groups is 2. The van der Waals surface area contributed by atoms with E-state index in [-0.39, 0.29) is 5.75 Å². The number of pyridine rings is 1. The molecule has 3 amide bonds. The van der Waals surface area contributed by atoms with Crippen molar-refractivity contribution in [2.24, 2.45) is 0 Å². The lowest BCUT2D eigenvalue weighted by atomic mass is 10.2. The summed E-state index contributed by atoms with van der Waals surface area (Å²) in [6.07, 6.45) is -4.24. The lowest BCUT2D eigenvalue weighted by Crippen LogP contribution is -2.20. The molecule has 0 spiro atoms. The van der Waals surface area contributed by atoms with Crippen molar-refractivity contribution in [2.45, 2.75) is 6.18 Å². The van der Waals surface area contributed by atoms with Crippen LogP contribution in [0.15, 0.2) is 54.6 Å². The van der Waals surface area contributed by atoms with Gasteiger partial charge in [0.15, 0.2) is 0 Å². The lowest BCUT2D eigenvalue weighted by Gasteiger charge is -2.13. The number of nitrogens with one attached hydrogen (secondary N) is 3. The average Bonchev–Trinajstić information content (AvgIpc) is 2.87. The van der Waals surface area contributed by atoms with Gasteiger partial charge >= 0.3 is 12.2 Å². The number of benzene rings is 2. The smallest absolute Gasteiger partial charge is 0.417 e. The van der Waals surface area contributed by atoms with Gasteiger partial charge in [0.05, 0.1) is 24.5 Å². The van der Waals surface area contributed by atoms with Crippen LogP contribution in [-0.2, 0) is 6.18 Å². The fraction of sp³-hybridized carbons (Fsp3) is 0.0952. The van der Waals surface area contributed by atoms with Crippen LogP contribution in [0.25, 0.3) is 0 Å². The van der Waals surface area contributed by atoms with Crippen molar-refractivity contribution in [2.75, 3.05) is 17.6 Å². The summed E-state index contributed by atoms with van der Waals surface area (Å²) in [5.41, 5.74) is -4.49. The average molecular weight is 492 g/mol. The topological polar surface area (TPSA) is 92.3 Å². The van der Waals surface area contributed by atoms with E-state index in [1.54, 1.807) is 16.0 Å². The van der Waals surface area contributed by atoms with Gasteiger partial charge in [0.25, 0.3) is 5.91 Å². The molecule has 3 rings (SSSR count). The van der Waals surface area contributed by atoms with Gasteiger partial charge < -0.3 is 20.7 Å². The van der Waals surface area contributed by atoms with Crippen LogP contribution in [0, 0.1) is 5.82 Å². The summed E-state index contributed by atoms with van der Waals surface area (Å²) in [4.78, 5) is 28.2. The summed E-state index contributed by atoms with van der Waals surface area (Å²) < 4.78 is 129. The van der Waals surface area contributed by atoms with Crippen molar-refractivity contribution >= 4 is 34.9 Å². The van der Waals surface area contributed by atoms with E-state index >= 15 is 4.39 Å². The molecule has 7 nitrogen and oxygen atoms in total. The summed E-state index contributed by atoms with van der Waals surface area (Å²) in [6, 6.07) is -6.52. The highest BCUT2D eigenvalue weighted by Crippen LogP contribution is 2.36. The molecule has 0 saturated heterocycles. The Morgan fingerprint density at radius 2 is 1.94 bits per heavy atom. The number of nitrogens with zero attached hydrogens (tertiary/aromatic N) is 1. The molecule has 12 heteroatoms. The minimum Gasteiger partial charge on any atom is -0.457 e. The van der Waals surface area contributed by atoms with Crippen LogP contribution in [0.1, 0.15) is 28.4 Å². The number of halogens is 5. The van der Waals surface area contributed by atoms with Crippen LogP contribution in [0.4, 0.5) is 33.7 Å². The third-order valence-corrected chi connectivity index (χ3v) is 3.85. The van der Waals surface area contributed by atoms with Gasteiger partial charge in [0.1, 0.15) is 23.0 Å². The molecule has 0 radical (unpaired) electrons. The highest BCUT2D eigenvalue weighted by molar-refractivity contribution is 6.31. The summed E-state index contributed by atoms with van der Waals surface area (Å²) >= 11 is 5.48. The second-order valence-electron chi connectivity index (χ2n) is 5.84. The van der Waals surface area contributed by atoms with Crippen LogP contribution in [-0.4, -0.2) is 23.9 Å². The Bertz CT molecular complexity index is 1580. The molecule has 0 fully saturated rings. The number of rotatable bonds is 5. The molecule has 33 heavy (non-hydrogen) atoms. The Morgan fingerprint density at radius 3 is 2.67 bits per heavy atom. The molecule has 0 aliphatic heterocycles. The standard InChI is InChI=1S/C21H15ClF4N4O3/c1-27-19(31)18-10-13(6-7-28-18)33-12-3-5-17(16(23)9-12)30-20(32)29-11-2-4-15(22)14(8-11)21(24,25)26/h2-10H,1H3,(H,27,31)(H2,29,30,32)/i1D3,2D,3D,4D,5D,8D,9D. The molecule has 0 atom stereocenters. The van der Waals surface area contributed by atoms with Crippen LogP contribution < -0.4 is 20.7 Å². The zero-order valence-corrected chi connectivity index (χ0v) is 16.5. The second-order valence-corrected chi connectivity index (χ2v) is 6.22. The zero-order chi connectivity index (χ0) is 31.9. The molecule has 0 aliphatic rings. The van der Waals surface area contributed by atoms with Crippen molar-refractivity contribution in [3.63, 3.8) is 0 Å². The van der Waals surface area contributed by atoms with Crippen LogP contribution in [0.3, 0.4) is 0 Å². The van der Waals surface area contributed by atoms with Gasteiger partial charge in [-0.05, 0) is 36.3 Å². The first-order chi connectivity index (χ1) is 19.2. The predicted molar refractivity (Wildman–Crippen MR) is 113 cm³/mol. The molecule has 0 saturated carbocycles. The predicted octanol–water partition coefficient (Wildman–Crippen LogP) is 5.69. The molecular weight excluding hydrogens is 468 g/mol. The number of anilines is 2. The van der Waals surface area contributed by atoms with E-state index in [4.69, 9.17) is 28.7 Å². The summed E-state index contributed by atoms with van der Waals surface area (Å²) in [6.45, 7) is -2.85. The molecule has 3 aromatic rings. The minimum atomic E-state index is -5.24. The maximum Gasteiger partial charge on any atom is 0.417 e. The maximum atomic E-state index is 15.1. The van der Waals surface area contributed by atoms with Crippen molar-refractivity contribution in [1.29, 1.82) is 0 Å². The third-order valence-electron chi connectivity index (χ3n) is 3.57.